The van der Waals surface area contributed by atoms with Gasteiger partial charge in [-0.1, -0.05) is 13.8 Å². The van der Waals surface area contributed by atoms with Gasteiger partial charge in [0.1, 0.15) is 0 Å². The van der Waals surface area contributed by atoms with E-state index in [1.54, 1.807) is 6.92 Å². The van der Waals surface area contributed by atoms with E-state index < -0.39 is 28.6 Å². The average Bonchev–Trinajstić information content (AvgIpc) is 2.59. The lowest BCUT2D eigenvalue weighted by Gasteiger charge is -2.34. The lowest BCUT2D eigenvalue weighted by Crippen LogP contribution is -2.42. The zero-order chi connectivity index (χ0) is 19.3. The molecule has 7 nitrogen and oxygen atoms in total. The van der Waals surface area contributed by atoms with Crippen LogP contribution in [0.4, 0.5) is 0 Å². The molecule has 0 aromatic heterocycles. The Balaban J connectivity index is 2.06. The van der Waals surface area contributed by atoms with Gasteiger partial charge in [0.25, 0.3) is 0 Å². The molecule has 1 aromatic rings. The van der Waals surface area contributed by atoms with E-state index in [2.05, 4.69) is 4.74 Å². The minimum absolute atomic E-state index is 0.140. The quantitative estimate of drug-likeness (QED) is 0.699. The van der Waals surface area contributed by atoms with Crippen LogP contribution in [-0.4, -0.2) is 51.0 Å². The number of carbonyl (C=O) groups is 2. The van der Waals surface area contributed by atoms with Crippen LogP contribution in [0.2, 0.25) is 0 Å². The van der Waals surface area contributed by atoms with Crippen LogP contribution < -0.4 is 0 Å². The molecule has 0 unspecified atom stereocenters. The van der Waals surface area contributed by atoms with E-state index in [4.69, 9.17) is 4.74 Å². The second-order valence-corrected chi connectivity index (χ2v) is 8.61. The van der Waals surface area contributed by atoms with Crippen LogP contribution in [0.5, 0.6) is 0 Å². The molecule has 1 aliphatic rings. The van der Waals surface area contributed by atoms with Gasteiger partial charge in [-0.15, -0.1) is 0 Å². The zero-order valence-corrected chi connectivity index (χ0v) is 16.1. The molecule has 0 saturated carbocycles. The van der Waals surface area contributed by atoms with E-state index in [-0.39, 0.29) is 17.1 Å². The van der Waals surface area contributed by atoms with Crippen molar-refractivity contribution in [1.29, 1.82) is 0 Å². The van der Waals surface area contributed by atoms with Crippen LogP contribution >= 0.6 is 0 Å². The van der Waals surface area contributed by atoms with Crippen LogP contribution in [-0.2, 0) is 24.3 Å². The molecule has 0 amide bonds. The van der Waals surface area contributed by atoms with E-state index in [1.165, 1.54) is 28.6 Å². The first-order chi connectivity index (χ1) is 12.2. The molecule has 1 fully saturated rings. The van der Waals surface area contributed by atoms with Gasteiger partial charge < -0.3 is 9.47 Å². The fourth-order valence-electron chi connectivity index (χ4n) is 3.12. The summed E-state index contributed by atoms with van der Waals surface area (Å²) in [6, 6.07) is 5.55. The van der Waals surface area contributed by atoms with Gasteiger partial charge in [-0.05, 0) is 49.4 Å². The van der Waals surface area contributed by atoms with E-state index in [0.717, 1.165) is 6.42 Å². The molecular formula is C18H25NO6S. The average molecular weight is 383 g/mol. The van der Waals surface area contributed by atoms with Crippen molar-refractivity contribution in [3.05, 3.63) is 29.8 Å². The maximum atomic E-state index is 12.8. The maximum Gasteiger partial charge on any atom is 0.344 e. The minimum atomic E-state index is -3.60. The van der Waals surface area contributed by atoms with Crippen LogP contribution in [0.3, 0.4) is 0 Å². The van der Waals surface area contributed by atoms with Crippen LogP contribution in [0.15, 0.2) is 29.2 Å². The molecule has 0 N–H and O–H groups in total. The summed E-state index contributed by atoms with van der Waals surface area (Å²) in [5.41, 5.74) is 0.175. The number of sulfonamides is 1. The molecule has 1 heterocycles. The van der Waals surface area contributed by atoms with Gasteiger partial charge in [-0.2, -0.15) is 4.31 Å². The molecule has 0 spiro atoms. The number of ether oxygens (including phenoxy) is 2. The summed E-state index contributed by atoms with van der Waals surface area (Å²) in [6.45, 7) is 6.46. The Morgan fingerprint density at radius 2 is 1.65 bits per heavy atom. The molecule has 1 aromatic carbocycles. The highest BCUT2D eigenvalue weighted by Crippen LogP contribution is 2.26. The second-order valence-electron chi connectivity index (χ2n) is 6.67. The van der Waals surface area contributed by atoms with Crippen molar-refractivity contribution < 1.29 is 27.5 Å². The van der Waals surface area contributed by atoms with Crippen molar-refractivity contribution in [2.24, 2.45) is 11.8 Å². The number of piperidine rings is 1. The highest BCUT2D eigenvalue weighted by molar-refractivity contribution is 7.89. The molecule has 144 valence electrons. The number of hydrogen-bond donors (Lipinski definition) is 0. The predicted octanol–water partition coefficient (Wildman–Crippen LogP) is 2.07. The van der Waals surface area contributed by atoms with Gasteiger partial charge in [0.2, 0.25) is 10.0 Å². The van der Waals surface area contributed by atoms with E-state index in [9.17, 15) is 18.0 Å². The van der Waals surface area contributed by atoms with Crippen molar-refractivity contribution in [3.63, 3.8) is 0 Å². The van der Waals surface area contributed by atoms with Gasteiger partial charge in [-0.25, -0.2) is 18.0 Å². The Morgan fingerprint density at radius 3 is 2.19 bits per heavy atom. The highest BCUT2D eigenvalue weighted by atomic mass is 32.2. The monoisotopic (exact) mass is 383 g/mol. The van der Waals surface area contributed by atoms with Gasteiger partial charge in [0.05, 0.1) is 17.1 Å². The molecule has 0 bridgehead atoms. The topological polar surface area (TPSA) is 90.0 Å². The fourth-order valence-corrected chi connectivity index (χ4v) is 4.80. The lowest BCUT2D eigenvalue weighted by atomic mass is 9.94. The SMILES string of the molecule is CCOC(=O)COC(=O)c1ccc(S(=O)(=O)N2C[C@@H](C)C[C@H](C)C2)cc1. The summed E-state index contributed by atoms with van der Waals surface area (Å²) >= 11 is 0. The van der Waals surface area contributed by atoms with E-state index >= 15 is 0 Å². The smallest absolute Gasteiger partial charge is 0.344 e. The second kappa shape index (κ2) is 8.64. The first kappa shape index (κ1) is 20.4. The Labute approximate surface area is 154 Å². The molecule has 2 atom stereocenters. The number of benzene rings is 1. The summed E-state index contributed by atoms with van der Waals surface area (Å²) in [5, 5.41) is 0. The molecule has 26 heavy (non-hydrogen) atoms. The van der Waals surface area contributed by atoms with Crippen molar-refractivity contribution in [2.45, 2.75) is 32.1 Å². The summed E-state index contributed by atoms with van der Waals surface area (Å²) in [5.74, 6) is -0.716. The summed E-state index contributed by atoms with van der Waals surface area (Å²) in [6.07, 6.45) is 1.01. The standard InChI is InChI=1S/C18H25NO6S/c1-4-24-17(20)12-25-18(21)15-5-7-16(8-6-15)26(22,23)19-10-13(2)9-14(3)11-19/h5-8,13-14H,4,9-12H2,1-3H3/t13-,14-/m0/s1. The minimum Gasteiger partial charge on any atom is -0.463 e. The van der Waals surface area contributed by atoms with Crippen LogP contribution in [0.25, 0.3) is 0 Å². The summed E-state index contributed by atoms with van der Waals surface area (Å²) in [7, 11) is -3.60. The summed E-state index contributed by atoms with van der Waals surface area (Å²) in [4.78, 5) is 23.3. The Kier molecular flexibility index (Phi) is 6.77. The van der Waals surface area contributed by atoms with Crippen molar-refractivity contribution >= 4 is 22.0 Å². The van der Waals surface area contributed by atoms with Crippen LogP contribution in [0.1, 0.15) is 37.6 Å². The molecule has 1 saturated heterocycles. The molecule has 1 aliphatic heterocycles. The normalized spacial score (nSPS) is 21.2. The third kappa shape index (κ3) is 5.04. The van der Waals surface area contributed by atoms with E-state index in [1.807, 2.05) is 13.8 Å². The number of esters is 2. The third-order valence-electron chi connectivity index (χ3n) is 4.19. The predicted molar refractivity (Wildman–Crippen MR) is 95.1 cm³/mol. The molecule has 2 rings (SSSR count). The van der Waals surface area contributed by atoms with Gasteiger partial charge in [0, 0.05) is 13.1 Å². The Morgan fingerprint density at radius 1 is 1.08 bits per heavy atom. The van der Waals surface area contributed by atoms with Crippen molar-refractivity contribution in [3.8, 4) is 0 Å². The van der Waals surface area contributed by atoms with Gasteiger partial charge >= 0.3 is 11.9 Å². The zero-order valence-electron chi connectivity index (χ0n) is 15.3. The largest absolute Gasteiger partial charge is 0.463 e. The molecule has 0 aliphatic carbocycles. The Hall–Kier alpha value is -1.93. The van der Waals surface area contributed by atoms with Gasteiger partial charge in [-0.3, -0.25) is 0 Å². The van der Waals surface area contributed by atoms with Gasteiger partial charge in [0.15, 0.2) is 6.61 Å². The van der Waals surface area contributed by atoms with E-state index in [0.29, 0.717) is 24.9 Å². The number of hydrogen-bond acceptors (Lipinski definition) is 6. The molecule has 0 radical (unpaired) electrons. The maximum absolute atomic E-state index is 12.8. The van der Waals surface area contributed by atoms with Crippen molar-refractivity contribution in [2.75, 3.05) is 26.3 Å². The Bertz CT molecular complexity index is 733. The van der Waals surface area contributed by atoms with Crippen molar-refractivity contribution in [1.82, 2.24) is 4.31 Å². The number of rotatable bonds is 6. The number of nitrogens with zero attached hydrogens (tertiary/aromatic N) is 1. The molecular weight excluding hydrogens is 358 g/mol. The fraction of sp³-hybridized carbons (Fsp3) is 0.556. The first-order valence-electron chi connectivity index (χ1n) is 8.67. The van der Waals surface area contributed by atoms with Crippen LogP contribution in [0, 0.1) is 11.8 Å². The first-order valence-corrected chi connectivity index (χ1v) is 10.1. The molecule has 8 heteroatoms. The number of carbonyl (C=O) groups excluding carboxylic acids is 2. The summed E-state index contributed by atoms with van der Waals surface area (Å²) < 4.78 is 36.6. The third-order valence-corrected chi connectivity index (χ3v) is 6.04. The lowest BCUT2D eigenvalue weighted by molar-refractivity contribution is -0.146. The highest BCUT2D eigenvalue weighted by Gasteiger charge is 2.31.